The minimum absolute atomic E-state index is 0.0516. The molecular formula is C9H11NO3. The lowest BCUT2D eigenvalue weighted by Crippen LogP contribution is -2.09. The Hall–Kier alpha value is -1.55. The van der Waals surface area contributed by atoms with Crippen LogP contribution in [0.25, 0.3) is 0 Å². The van der Waals surface area contributed by atoms with Crippen molar-refractivity contribution in [3.05, 3.63) is 36.1 Å². The third kappa shape index (κ3) is 2.76. The molecule has 0 amide bonds. The highest BCUT2D eigenvalue weighted by atomic mass is 16.6. The maximum absolute atomic E-state index is 10.5. The van der Waals surface area contributed by atoms with Gasteiger partial charge < -0.3 is 9.94 Å². The number of hydrogen-bond donors (Lipinski definition) is 2. The van der Waals surface area contributed by atoms with E-state index in [2.05, 4.69) is 4.84 Å². The molecular weight excluding hydrogens is 170 g/mol. The molecule has 3 N–H and O–H groups in total. The fraction of sp³-hybridized carbons (Fsp3) is 0.222. The van der Waals surface area contributed by atoms with Crippen LogP contribution in [-0.4, -0.2) is 11.1 Å². The summed E-state index contributed by atoms with van der Waals surface area (Å²) in [5, 5.41) is 8.59. The van der Waals surface area contributed by atoms with Crippen LogP contribution < -0.4 is 5.90 Å². The van der Waals surface area contributed by atoms with E-state index in [1.165, 1.54) is 6.26 Å². The van der Waals surface area contributed by atoms with Crippen molar-refractivity contribution in [2.45, 2.75) is 6.42 Å². The highest BCUT2D eigenvalue weighted by Gasteiger charge is 2.15. The first-order valence-electron chi connectivity index (χ1n) is 3.86. The van der Waals surface area contributed by atoms with Gasteiger partial charge in [0, 0.05) is 5.92 Å². The molecule has 0 saturated heterocycles. The number of allylic oxidation sites excluding steroid dienone is 5. The Kier molecular flexibility index (Phi) is 3.28. The van der Waals surface area contributed by atoms with E-state index >= 15 is 0 Å². The highest BCUT2D eigenvalue weighted by Crippen LogP contribution is 2.21. The number of carboxylic acids is 1. The van der Waals surface area contributed by atoms with Crippen LogP contribution in [0.5, 0.6) is 0 Å². The summed E-state index contributed by atoms with van der Waals surface area (Å²) < 4.78 is 0. The van der Waals surface area contributed by atoms with E-state index in [9.17, 15) is 4.79 Å². The molecule has 70 valence electrons. The molecule has 13 heavy (non-hydrogen) atoms. The van der Waals surface area contributed by atoms with Crippen molar-refractivity contribution in [2.75, 3.05) is 0 Å². The van der Waals surface area contributed by atoms with Gasteiger partial charge in [-0.15, -0.1) is 0 Å². The largest absolute Gasteiger partial charge is 0.481 e. The van der Waals surface area contributed by atoms with Crippen molar-refractivity contribution < 1.29 is 14.7 Å². The number of rotatable bonds is 3. The molecule has 0 radical (unpaired) electrons. The zero-order valence-corrected chi connectivity index (χ0v) is 7.01. The maximum atomic E-state index is 10.5. The minimum Gasteiger partial charge on any atom is -0.481 e. The van der Waals surface area contributed by atoms with Gasteiger partial charge in [0.15, 0.2) is 0 Å². The van der Waals surface area contributed by atoms with E-state index < -0.39 is 5.97 Å². The summed E-state index contributed by atoms with van der Waals surface area (Å²) in [5.74, 6) is 3.88. The zero-order valence-electron chi connectivity index (χ0n) is 7.01. The van der Waals surface area contributed by atoms with Crippen molar-refractivity contribution in [2.24, 2.45) is 11.8 Å². The fourth-order valence-corrected chi connectivity index (χ4v) is 1.18. The first-order chi connectivity index (χ1) is 6.24. The number of carboxylic acid groups (broad SMARTS) is 1. The summed E-state index contributed by atoms with van der Waals surface area (Å²) in [6.07, 6.45) is 8.60. The van der Waals surface area contributed by atoms with Crippen molar-refractivity contribution >= 4 is 5.97 Å². The van der Waals surface area contributed by atoms with E-state index in [4.69, 9.17) is 11.0 Å². The Labute approximate surface area is 75.9 Å². The molecule has 0 heterocycles. The van der Waals surface area contributed by atoms with Gasteiger partial charge in [0.25, 0.3) is 0 Å². The number of nitrogens with two attached hydrogens (primary N) is 1. The maximum Gasteiger partial charge on any atom is 0.304 e. The molecule has 1 atom stereocenters. The zero-order chi connectivity index (χ0) is 9.68. The summed E-state index contributed by atoms with van der Waals surface area (Å²) >= 11 is 0. The van der Waals surface area contributed by atoms with Crippen LogP contribution in [0, 0.1) is 5.92 Å². The van der Waals surface area contributed by atoms with Gasteiger partial charge in [-0.1, -0.05) is 24.3 Å². The molecule has 0 aliphatic heterocycles. The van der Waals surface area contributed by atoms with Crippen molar-refractivity contribution in [1.29, 1.82) is 0 Å². The molecule has 0 spiro atoms. The lowest BCUT2D eigenvalue weighted by molar-refractivity contribution is -0.137. The van der Waals surface area contributed by atoms with E-state index in [0.717, 1.165) is 5.57 Å². The second kappa shape index (κ2) is 4.47. The lowest BCUT2D eigenvalue weighted by Gasteiger charge is -2.13. The summed E-state index contributed by atoms with van der Waals surface area (Å²) in [6, 6.07) is 0. The lowest BCUT2D eigenvalue weighted by atomic mass is 9.93. The molecule has 1 rings (SSSR count). The van der Waals surface area contributed by atoms with E-state index in [1.807, 2.05) is 12.2 Å². The van der Waals surface area contributed by atoms with Crippen LogP contribution in [0.2, 0.25) is 0 Å². The molecule has 1 aliphatic carbocycles. The van der Waals surface area contributed by atoms with Crippen molar-refractivity contribution in [3.8, 4) is 0 Å². The van der Waals surface area contributed by atoms with Crippen LogP contribution >= 0.6 is 0 Å². The third-order valence-corrected chi connectivity index (χ3v) is 1.77. The standard InChI is InChI=1S/C9H11NO3/c10-13-6-8-4-2-1-3-7(8)5-9(11)12/h1-4,6-7H,5,10H2,(H,11,12)/b8-6+. The van der Waals surface area contributed by atoms with Gasteiger partial charge in [-0.25, -0.2) is 0 Å². The Morgan fingerprint density at radius 3 is 3.08 bits per heavy atom. The quantitative estimate of drug-likeness (QED) is 0.502. The molecule has 0 bridgehead atoms. The monoisotopic (exact) mass is 181 g/mol. The third-order valence-electron chi connectivity index (χ3n) is 1.77. The second-order valence-corrected chi connectivity index (χ2v) is 2.70. The molecule has 4 nitrogen and oxygen atoms in total. The highest BCUT2D eigenvalue weighted by molar-refractivity contribution is 5.68. The van der Waals surface area contributed by atoms with E-state index in [-0.39, 0.29) is 12.3 Å². The predicted molar refractivity (Wildman–Crippen MR) is 47.4 cm³/mol. The van der Waals surface area contributed by atoms with Gasteiger partial charge >= 0.3 is 5.97 Å². The van der Waals surface area contributed by atoms with Gasteiger partial charge in [-0.3, -0.25) is 4.79 Å². The normalized spacial score (nSPS) is 23.5. The van der Waals surface area contributed by atoms with Crippen LogP contribution in [0.1, 0.15) is 6.42 Å². The van der Waals surface area contributed by atoms with Crippen molar-refractivity contribution in [1.82, 2.24) is 0 Å². The molecule has 0 aromatic heterocycles. The molecule has 0 aromatic rings. The van der Waals surface area contributed by atoms with E-state index in [0.29, 0.717) is 0 Å². The Bertz CT molecular complexity index is 279. The topological polar surface area (TPSA) is 72.5 Å². The second-order valence-electron chi connectivity index (χ2n) is 2.70. The Morgan fingerprint density at radius 1 is 1.69 bits per heavy atom. The minimum atomic E-state index is -0.840. The summed E-state index contributed by atoms with van der Waals surface area (Å²) in [4.78, 5) is 14.8. The van der Waals surface area contributed by atoms with Crippen LogP contribution in [0.4, 0.5) is 0 Å². The summed E-state index contributed by atoms with van der Waals surface area (Å²) in [5.41, 5.74) is 0.771. The fourth-order valence-electron chi connectivity index (χ4n) is 1.18. The van der Waals surface area contributed by atoms with Gasteiger partial charge in [0.05, 0.1) is 6.42 Å². The first kappa shape index (κ1) is 9.54. The number of carbonyl (C=O) groups is 1. The first-order valence-corrected chi connectivity index (χ1v) is 3.86. The van der Waals surface area contributed by atoms with Crippen molar-refractivity contribution in [3.63, 3.8) is 0 Å². The number of aliphatic carboxylic acids is 1. The molecule has 1 unspecified atom stereocenters. The van der Waals surface area contributed by atoms with Crippen LogP contribution in [0.3, 0.4) is 0 Å². The smallest absolute Gasteiger partial charge is 0.304 e. The van der Waals surface area contributed by atoms with Crippen LogP contribution in [-0.2, 0) is 9.63 Å². The average Bonchev–Trinajstić information content (AvgIpc) is 2.08. The summed E-state index contributed by atoms with van der Waals surface area (Å²) in [6.45, 7) is 0. The molecule has 1 aliphatic rings. The molecule has 4 heteroatoms. The summed E-state index contributed by atoms with van der Waals surface area (Å²) in [7, 11) is 0. The molecule has 0 aromatic carbocycles. The van der Waals surface area contributed by atoms with Gasteiger partial charge in [-0.05, 0) is 5.57 Å². The Morgan fingerprint density at radius 2 is 2.46 bits per heavy atom. The molecule has 0 saturated carbocycles. The van der Waals surface area contributed by atoms with Gasteiger partial charge in [0.2, 0.25) is 0 Å². The van der Waals surface area contributed by atoms with Crippen LogP contribution in [0.15, 0.2) is 36.1 Å². The van der Waals surface area contributed by atoms with Gasteiger partial charge in [0.1, 0.15) is 6.26 Å². The predicted octanol–water partition coefficient (Wildman–Crippen LogP) is 0.978. The number of hydrogen-bond acceptors (Lipinski definition) is 3. The SMILES string of the molecule is NO/C=C1\C=CC=CC1CC(=O)O. The molecule has 0 fully saturated rings. The van der Waals surface area contributed by atoms with Gasteiger partial charge in [-0.2, -0.15) is 5.90 Å². The average molecular weight is 181 g/mol. The Balaban J connectivity index is 2.70. The van der Waals surface area contributed by atoms with E-state index in [1.54, 1.807) is 12.2 Å².